The summed E-state index contributed by atoms with van der Waals surface area (Å²) in [5.41, 5.74) is 0. The van der Waals surface area contributed by atoms with Gasteiger partial charge in [-0.1, -0.05) is 125 Å². The van der Waals surface area contributed by atoms with E-state index >= 15 is 0 Å². The van der Waals surface area contributed by atoms with E-state index in [1.165, 1.54) is 29.6 Å². The van der Waals surface area contributed by atoms with Gasteiger partial charge >= 0.3 is 5.97 Å². The lowest BCUT2D eigenvalue weighted by molar-refractivity contribution is -0.134. The Morgan fingerprint density at radius 1 is 0.886 bits per heavy atom. The fourth-order valence-corrected chi connectivity index (χ4v) is 10.1. The standard InChI is InChI=1S/C30H44O3Si2/c1-30(2,3)35(27-20-10-8-11-21-27,28-22-12-9-13-23-28)33-26(18-14-15-24-29(31)32-4)19-16-17-25-34(5,6)7/h8-13,15-16,19-24,26H,14,17-18,25H2,1-7H3/b19-16-,24-15+/t26-/m0/s1. The lowest BCUT2D eigenvalue weighted by atomic mass is 10.1. The van der Waals surface area contributed by atoms with Crippen molar-refractivity contribution in [1.29, 1.82) is 0 Å². The van der Waals surface area contributed by atoms with Crippen LogP contribution in [0, 0.1) is 0 Å². The highest BCUT2D eigenvalue weighted by molar-refractivity contribution is 6.99. The van der Waals surface area contributed by atoms with E-state index in [0.717, 1.165) is 19.3 Å². The fraction of sp³-hybridized carbons (Fsp3) is 0.433. The van der Waals surface area contributed by atoms with E-state index in [4.69, 9.17) is 9.16 Å². The SMILES string of the molecule is COC(=O)/C=C/CC[C@@H](/C=C\CC[Si](C)(C)C)O[Si](c1ccccc1)(c1ccccc1)C(C)(C)C. The van der Waals surface area contributed by atoms with Gasteiger partial charge in [0.15, 0.2) is 0 Å². The fourth-order valence-electron chi connectivity index (χ4n) is 4.39. The molecule has 0 saturated carbocycles. The van der Waals surface area contributed by atoms with Gasteiger partial charge in [-0.3, -0.25) is 0 Å². The molecule has 35 heavy (non-hydrogen) atoms. The normalized spacial score (nSPS) is 13.9. The van der Waals surface area contributed by atoms with E-state index in [1.807, 2.05) is 6.08 Å². The summed E-state index contributed by atoms with van der Waals surface area (Å²) in [7, 11) is -2.36. The maximum atomic E-state index is 11.5. The smallest absolute Gasteiger partial charge is 0.330 e. The summed E-state index contributed by atoms with van der Waals surface area (Å²) in [5.74, 6) is -0.319. The number of esters is 1. The van der Waals surface area contributed by atoms with Crippen LogP contribution in [-0.4, -0.2) is 35.6 Å². The summed E-state index contributed by atoms with van der Waals surface area (Å²) < 4.78 is 12.1. The van der Waals surface area contributed by atoms with Gasteiger partial charge < -0.3 is 9.16 Å². The largest absolute Gasteiger partial charge is 0.466 e. The third-order valence-corrected chi connectivity index (χ3v) is 13.1. The number of carbonyl (C=O) groups excluding carboxylic acids is 1. The van der Waals surface area contributed by atoms with Crippen molar-refractivity contribution in [2.24, 2.45) is 0 Å². The summed E-state index contributed by atoms with van der Waals surface area (Å²) in [4.78, 5) is 11.5. The Hall–Kier alpha value is -2.22. The molecule has 0 aliphatic rings. The van der Waals surface area contributed by atoms with Gasteiger partial charge in [-0.25, -0.2) is 4.79 Å². The Kier molecular flexibility index (Phi) is 10.9. The molecule has 2 aromatic rings. The highest BCUT2D eigenvalue weighted by Gasteiger charge is 2.51. The predicted molar refractivity (Wildman–Crippen MR) is 155 cm³/mol. The Balaban J connectivity index is 2.48. The van der Waals surface area contributed by atoms with E-state index in [0.29, 0.717) is 0 Å². The molecule has 0 heterocycles. The minimum absolute atomic E-state index is 0.0507. The first-order chi connectivity index (χ1) is 16.5. The van der Waals surface area contributed by atoms with Crippen molar-refractivity contribution in [3.05, 3.63) is 85.0 Å². The molecular formula is C30H44O3Si2. The zero-order chi connectivity index (χ0) is 26.0. The van der Waals surface area contributed by atoms with Crippen LogP contribution >= 0.6 is 0 Å². The van der Waals surface area contributed by atoms with E-state index < -0.39 is 16.4 Å². The van der Waals surface area contributed by atoms with Gasteiger partial charge in [-0.15, -0.1) is 0 Å². The van der Waals surface area contributed by atoms with Crippen molar-refractivity contribution in [3.8, 4) is 0 Å². The lowest BCUT2D eigenvalue weighted by Crippen LogP contribution is -2.67. The van der Waals surface area contributed by atoms with Crippen LogP contribution in [0.4, 0.5) is 0 Å². The van der Waals surface area contributed by atoms with Crippen LogP contribution in [0.15, 0.2) is 85.0 Å². The quantitative estimate of drug-likeness (QED) is 0.138. The number of rotatable bonds is 12. The maximum absolute atomic E-state index is 11.5. The zero-order valence-electron chi connectivity index (χ0n) is 22.7. The molecular weight excluding hydrogens is 464 g/mol. The van der Waals surface area contributed by atoms with Crippen LogP contribution in [0.25, 0.3) is 0 Å². The second-order valence-electron chi connectivity index (χ2n) is 11.3. The summed E-state index contributed by atoms with van der Waals surface area (Å²) in [5, 5.41) is 2.48. The first-order valence-electron chi connectivity index (χ1n) is 12.7. The van der Waals surface area contributed by atoms with Gasteiger partial charge in [-0.2, -0.15) is 0 Å². The summed E-state index contributed by atoms with van der Waals surface area (Å²) in [6, 6.07) is 22.8. The summed E-state index contributed by atoms with van der Waals surface area (Å²) in [6.45, 7) is 14.2. The Bertz CT molecular complexity index is 915. The van der Waals surface area contributed by atoms with Crippen LogP contribution in [0.1, 0.15) is 40.0 Å². The summed E-state index contributed by atoms with van der Waals surface area (Å²) in [6.07, 6.45) is 10.6. The molecule has 5 heteroatoms. The van der Waals surface area contributed by atoms with Crippen LogP contribution < -0.4 is 10.4 Å². The minimum Gasteiger partial charge on any atom is -0.466 e. The molecule has 0 N–H and O–H groups in total. The molecule has 0 aliphatic carbocycles. The number of hydrogen-bond donors (Lipinski definition) is 0. The number of hydrogen-bond acceptors (Lipinski definition) is 3. The van der Waals surface area contributed by atoms with Gasteiger partial charge in [0.25, 0.3) is 8.32 Å². The molecule has 190 valence electrons. The Morgan fingerprint density at radius 2 is 1.43 bits per heavy atom. The predicted octanol–water partition coefficient (Wildman–Crippen LogP) is 6.73. The molecule has 2 rings (SSSR count). The van der Waals surface area contributed by atoms with Crippen molar-refractivity contribution < 1.29 is 14.0 Å². The van der Waals surface area contributed by atoms with Gasteiger partial charge in [0, 0.05) is 14.1 Å². The van der Waals surface area contributed by atoms with E-state index in [9.17, 15) is 4.79 Å². The van der Waals surface area contributed by atoms with Crippen LogP contribution in [-0.2, 0) is 14.0 Å². The molecule has 3 nitrogen and oxygen atoms in total. The molecule has 0 bridgehead atoms. The van der Waals surface area contributed by atoms with E-state index in [-0.39, 0.29) is 17.1 Å². The number of allylic oxidation sites excluding steroid dienone is 2. The topological polar surface area (TPSA) is 35.5 Å². The van der Waals surface area contributed by atoms with Gasteiger partial charge in [0.2, 0.25) is 0 Å². The Labute approximate surface area is 215 Å². The first kappa shape index (κ1) is 29.0. The monoisotopic (exact) mass is 508 g/mol. The van der Waals surface area contributed by atoms with Gasteiger partial charge in [-0.05, 0) is 34.7 Å². The third-order valence-electron chi connectivity index (χ3n) is 6.23. The molecule has 0 amide bonds. The van der Waals surface area contributed by atoms with Crippen LogP contribution in [0.2, 0.25) is 30.7 Å². The maximum Gasteiger partial charge on any atom is 0.330 e. The number of benzene rings is 2. The highest BCUT2D eigenvalue weighted by atomic mass is 28.4. The van der Waals surface area contributed by atoms with Gasteiger partial charge in [0.05, 0.1) is 13.2 Å². The molecule has 0 radical (unpaired) electrons. The number of carbonyl (C=O) groups is 1. The average molecular weight is 509 g/mol. The van der Waals surface area contributed by atoms with Crippen molar-refractivity contribution in [2.75, 3.05) is 7.11 Å². The van der Waals surface area contributed by atoms with Crippen molar-refractivity contribution in [1.82, 2.24) is 0 Å². The molecule has 1 atom stereocenters. The molecule has 2 aromatic carbocycles. The lowest BCUT2D eigenvalue weighted by Gasteiger charge is -2.44. The van der Waals surface area contributed by atoms with Gasteiger partial charge in [0.1, 0.15) is 0 Å². The summed E-state index contributed by atoms with van der Waals surface area (Å²) >= 11 is 0. The van der Waals surface area contributed by atoms with Crippen molar-refractivity contribution >= 4 is 32.7 Å². The molecule has 0 aliphatic heterocycles. The zero-order valence-corrected chi connectivity index (χ0v) is 24.7. The van der Waals surface area contributed by atoms with Crippen LogP contribution in [0.3, 0.4) is 0 Å². The van der Waals surface area contributed by atoms with Crippen LogP contribution in [0.5, 0.6) is 0 Å². The first-order valence-corrected chi connectivity index (χ1v) is 18.3. The number of methoxy groups -OCH3 is 1. The molecule has 0 fully saturated rings. The second-order valence-corrected chi connectivity index (χ2v) is 21.2. The Morgan fingerprint density at radius 3 is 1.89 bits per heavy atom. The van der Waals surface area contributed by atoms with Crippen molar-refractivity contribution in [3.63, 3.8) is 0 Å². The minimum atomic E-state index is -2.66. The molecule has 0 aromatic heterocycles. The molecule has 0 spiro atoms. The third kappa shape index (κ3) is 8.74. The molecule has 0 saturated heterocycles. The number of ether oxygens (including phenoxy) is 1. The van der Waals surface area contributed by atoms with E-state index in [1.54, 1.807) is 0 Å². The average Bonchev–Trinajstić information content (AvgIpc) is 2.81. The van der Waals surface area contributed by atoms with Crippen molar-refractivity contribution in [2.45, 2.75) is 76.9 Å². The highest BCUT2D eigenvalue weighted by Crippen LogP contribution is 2.38. The van der Waals surface area contributed by atoms with E-state index in [2.05, 4.69) is 113 Å². The molecule has 0 unspecified atom stereocenters. The second kappa shape index (κ2) is 13.2.